The lowest BCUT2D eigenvalue weighted by atomic mass is 10.2. The number of nitrogens with zero attached hydrogens (tertiary/aromatic N) is 1. The summed E-state index contributed by atoms with van der Waals surface area (Å²) in [7, 11) is -3.26. The smallest absolute Gasteiger partial charge is 0.218 e. The molecule has 18 heavy (non-hydrogen) atoms. The molecule has 0 aromatic heterocycles. The first-order chi connectivity index (χ1) is 8.35. The number of hydrogen-bond acceptors (Lipinski definition) is 3. The van der Waals surface area contributed by atoms with Crippen LogP contribution in [0.1, 0.15) is 26.3 Å². The number of anilines is 1. The van der Waals surface area contributed by atoms with Crippen LogP contribution in [0.5, 0.6) is 0 Å². The highest BCUT2D eigenvalue weighted by atomic mass is 32.2. The molecule has 1 rings (SSSR count). The fourth-order valence-corrected chi connectivity index (χ4v) is 3.53. The summed E-state index contributed by atoms with van der Waals surface area (Å²) in [5.74, 6) is 0.332. The molecule has 0 aliphatic carbocycles. The standard InChI is InChI=1S/C13H22N2O2S/c1-4-15(9-11(2)3)18(16,17)10-12-6-5-7-13(14)8-12/h5-8,11H,4,9-10,14H2,1-3H3. The van der Waals surface area contributed by atoms with Crippen LogP contribution in [0.15, 0.2) is 24.3 Å². The minimum absolute atomic E-state index is 0.0125. The van der Waals surface area contributed by atoms with Crippen molar-refractivity contribution in [1.82, 2.24) is 4.31 Å². The predicted molar refractivity (Wildman–Crippen MR) is 75.6 cm³/mol. The second kappa shape index (κ2) is 6.20. The Hall–Kier alpha value is -1.07. The Labute approximate surface area is 110 Å². The van der Waals surface area contributed by atoms with Gasteiger partial charge in [0.25, 0.3) is 0 Å². The highest BCUT2D eigenvalue weighted by Crippen LogP contribution is 2.14. The quantitative estimate of drug-likeness (QED) is 0.805. The predicted octanol–water partition coefficient (Wildman–Crippen LogP) is 2.08. The maximum atomic E-state index is 12.3. The lowest BCUT2D eigenvalue weighted by Crippen LogP contribution is -2.34. The number of hydrogen-bond donors (Lipinski definition) is 1. The van der Waals surface area contributed by atoms with Crippen LogP contribution in [0.3, 0.4) is 0 Å². The van der Waals surface area contributed by atoms with E-state index in [1.165, 1.54) is 4.31 Å². The maximum Gasteiger partial charge on any atom is 0.218 e. The van der Waals surface area contributed by atoms with Gasteiger partial charge in [-0.25, -0.2) is 12.7 Å². The summed E-state index contributed by atoms with van der Waals surface area (Å²) in [4.78, 5) is 0. The van der Waals surface area contributed by atoms with Crippen LogP contribution in [0, 0.1) is 5.92 Å². The summed E-state index contributed by atoms with van der Waals surface area (Å²) < 4.78 is 26.1. The molecule has 0 atom stereocenters. The fraction of sp³-hybridized carbons (Fsp3) is 0.538. The molecular formula is C13H22N2O2S. The van der Waals surface area contributed by atoms with Crippen molar-refractivity contribution in [3.63, 3.8) is 0 Å². The van der Waals surface area contributed by atoms with Gasteiger partial charge in [0.05, 0.1) is 5.75 Å². The van der Waals surface area contributed by atoms with Crippen LogP contribution in [-0.2, 0) is 15.8 Å². The zero-order chi connectivity index (χ0) is 13.8. The van der Waals surface area contributed by atoms with Crippen molar-refractivity contribution in [1.29, 1.82) is 0 Å². The van der Waals surface area contributed by atoms with Gasteiger partial charge in [0.2, 0.25) is 10.0 Å². The van der Waals surface area contributed by atoms with E-state index in [2.05, 4.69) is 0 Å². The first-order valence-electron chi connectivity index (χ1n) is 6.17. The third-order valence-electron chi connectivity index (χ3n) is 2.61. The lowest BCUT2D eigenvalue weighted by molar-refractivity contribution is 0.380. The average Bonchev–Trinajstić information content (AvgIpc) is 2.24. The van der Waals surface area contributed by atoms with Gasteiger partial charge in [-0.1, -0.05) is 32.9 Å². The van der Waals surface area contributed by atoms with Gasteiger partial charge in [-0.2, -0.15) is 0 Å². The van der Waals surface area contributed by atoms with Gasteiger partial charge in [-0.3, -0.25) is 0 Å². The number of sulfonamides is 1. The van der Waals surface area contributed by atoms with Crippen LogP contribution in [0.25, 0.3) is 0 Å². The molecule has 102 valence electrons. The third kappa shape index (κ3) is 4.31. The summed E-state index contributed by atoms with van der Waals surface area (Å²) in [6.07, 6.45) is 0. The second-order valence-corrected chi connectivity index (χ2v) is 6.81. The van der Waals surface area contributed by atoms with E-state index in [9.17, 15) is 8.42 Å². The molecule has 0 saturated carbocycles. The molecule has 0 aliphatic heterocycles. The van der Waals surface area contributed by atoms with Gasteiger partial charge < -0.3 is 5.73 Å². The molecule has 0 radical (unpaired) electrons. The Morgan fingerprint density at radius 1 is 1.33 bits per heavy atom. The molecule has 0 fully saturated rings. The van der Waals surface area contributed by atoms with E-state index in [1.807, 2.05) is 20.8 Å². The molecule has 0 amide bonds. The third-order valence-corrected chi connectivity index (χ3v) is 4.51. The molecule has 1 aromatic rings. The van der Waals surface area contributed by atoms with Gasteiger partial charge >= 0.3 is 0 Å². The molecule has 0 bridgehead atoms. The van der Waals surface area contributed by atoms with Crippen molar-refractivity contribution in [2.75, 3.05) is 18.8 Å². The van der Waals surface area contributed by atoms with Gasteiger partial charge in [-0.15, -0.1) is 0 Å². The minimum atomic E-state index is -3.26. The van der Waals surface area contributed by atoms with Gasteiger partial charge in [0.1, 0.15) is 0 Å². The molecule has 0 heterocycles. The Bertz CT molecular complexity index is 484. The molecule has 4 nitrogen and oxygen atoms in total. The number of benzene rings is 1. The van der Waals surface area contributed by atoms with Gasteiger partial charge in [-0.05, 0) is 23.6 Å². The Morgan fingerprint density at radius 2 is 2.00 bits per heavy atom. The van der Waals surface area contributed by atoms with E-state index in [0.717, 1.165) is 5.56 Å². The second-order valence-electron chi connectivity index (χ2n) is 4.85. The Balaban J connectivity index is 2.86. The molecule has 1 aromatic carbocycles. The number of nitrogens with two attached hydrogens (primary N) is 1. The normalized spacial score (nSPS) is 12.3. The maximum absolute atomic E-state index is 12.3. The fourth-order valence-electron chi connectivity index (χ4n) is 1.83. The zero-order valence-corrected chi connectivity index (χ0v) is 12.1. The van der Waals surface area contributed by atoms with Crippen molar-refractivity contribution < 1.29 is 8.42 Å². The molecule has 0 spiro atoms. The van der Waals surface area contributed by atoms with Crippen molar-refractivity contribution in [2.24, 2.45) is 5.92 Å². The molecule has 0 aliphatic rings. The summed E-state index contributed by atoms with van der Waals surface area (Å²) in [5, 5.41) is 0. The summed E-state index contributed by atoms with van der Waals surface area (Å²) >= 11 is 0. The van der Waals surface area contributed by atoms with Crippen molar-refractivity contribution in [2.45, 2.75) is 26.5 Å². The SMILES string of the molecule is CCN(CC(C)C)S(=O)(=O)Cc1cccc(N)c1. The molecular weight excluding hydrogens is 248 g/mol. The molecule has 0 unspecified atom stereocenters. The van der Waals surface area contributed by atoms with Crippen LogP contribution in [0.2, 0.25) is 0 Å². The topological polar surface area (TPSA) is 63.4 Å². The Kier molecular flexibility index (Phi) is 5.16. The van der Waals surface area contributed by atoms with E-state index in [1.54, 1.807) is 24.3 Å². The van der Waals surface area contributed by atoms with E-state index in [-0.39, 0.29) is 5.75 Å². The van der Waals surface area contributed by atoms with E-state index >= 15 is 0 Å². The number of rotatable bonds is 6. The van der Waals surface area contributed by atoms with Crippen molar-refractivity contribution >= 4 is 15.7 Å². The van der Waals surface area contributed by atoms with Crippen LogP contribution < -0.4 is 5.73 Å². The molecule has 2 N–H and O–H groups in total. The first kappa shape index (κ1) is 15.0. The van der Waals surface area contributed by atoms with Crippen molar-refractivity contribution in [3.05, 3.63) is 29.8 Å². The van der Waals surface area contributed by atoms with Crippen LogP contribution in [0.4, 0.5) is 5.69 Å². The van der Waals surface area contributed by atoms with Gasteiger partial charge in [0.15, 0.2) is 0 Å². The largest absolute Gasteiger partial charge is 0.399 e. The van der Waals surface area contributed by atoms with Crippen molar-refractivity contribution in [3.8, 4) is 0 Å². The Morgan fingerprint density at radius 3 is 2.50 bits per heavy atom. The minimum Gasteiger partial charge on any atom is -0.399 e. The highest BCUT2D eigenvalue weighted by molar-refractivity contribution is 7.88. The average molecular weight is 270 g/mol. The lowest BCUT2D eigenvalue weighted by Gasteiger charge is -2.22. The zero-order valence-electron chi connectivity index (χ0n) is 11.3. The van der Waals surface area contributed by atoms with Crippen LogP contribution in [-0.4, -0.2) is 25.8 Å². The molecule has 5 heteroatoms. The van der Waals surface area contributed by atoms with Gasteiger partial charge in [0, 0.05) is 18.8 Å². The summed E-state index contributed by atoms with van der Waals surface area (Å²) in [6.45, 7) is 6.95. The summed E-state index contributed by atoms with van der Waals surface area (Å²) in [5.41, 5.74) is 6.98. The highest BCUT2D eigenvalue weighted by Gasteiger charge is 2.21. The first-order valence-corrected chi connectivity index (χ1v) is 7.78. The van der Waals surface area contributed by atoms with E-state index in [0.29, 0.717) is 24.7 Å². The van der Waals surface area contributed by atoms with E-state index < -0.39 is 10.0 Å². The van der Waals surface area contributed by atoms with E-state index in [4.69, 9.17) is 5.73 Å². The summed E-state index contributed by atoms with van der Waals surface area (Å²) in [6, 6.07) is 7.03. The monoisotopic (exact) mass is 270 g/mol. The van der Waals surface area contributed by atoms with Crippen LogP contribution >= 0.6 is 0 Å². The number of nitrogen functional groups attached to an aromatic ring is 1. The molecule has 0 saturated heterocycles.